The van der Waals surface area contributed by atoms with E-state index in [2.05, 4.69) is 53.4 Å². The van der Waals surface area contributed by atoms with Gasteiger partial charge in [-0.15, -0.1) is 0 Å². The number of nitrogens with one attached hydrogen (secondary N) is 2. The molecule has 26 heavy (non-hydrogen) atoms. The maximum absolute atomic E-state index is 9.02. The van der Waals surface area contributed by atoms with E-state index in [1.54, 1.807) is 6.07 Å². The zero-order valence-corrected chi connectivity index (χ0v) is 16.3. The van der Waals surface area contributed by atoms with E-state index >= 15 is 0 Å². The number of benzene rings is 1. The van der Waals surface area contributed by atoms with Gasteiger partial charge in [0.2, 0.25) is 0 Å². The van der Waals surface area contributed by atoms with Crippen LogP contribution in [0.3, 0.4) is 0 Å². The van der Waals surface area contributed by atoms with E-state index in [-0.39, 0.29) is 0 Å². The van der Waals surface area contributed by atoms with E-state index in [4.69, 9.17) is 16.9 Å². The van der Waals surface area contributed by atoms with Gasteiger partial charge >= 0.3 is 0 Å². The van der Waals surface area contributed by atoms with Crippen LogP contribution in [-0.2, 0) is 0 Å². The molecule has 0 unspecified atom stereocenters. The van der Waals surface area contributed by atoms with Gasteiger partial charge in [-0.3, -0.25) is 5.10 Å². The fraction of sp³-hybridized carbons (Fsp3) is 0.500. The summed E-state index contributed by atoms with van der Waals surface area (Å²) >= 11 is 6.18. The van der Waals surface area contributed by atoms with Crippen LogP contribution < -0.4 is 10.2 Å². The number of anilines is 2. The second-order valence-corrected chi connectivity index (χ2v) is 7.81. The fourth-order valence-corrected chi connectivity index (χ4v) is 3.76. The topological polar surface area (TPSA) is 67.7 Å². The second-order valence-electron chi connectivity index (χ2n) is 7.40. The minimum absolute atomic E-state index is 0.460. The summed E-state index contributed by atoms with van der Waals surface area (Å²) < 4.78 is 0. The van der Waals surface area contributed by atoms with Gasteiger partial charge in [-0.05, 0) is 49.8 Å². The average molecular weight is 372 g/mol. The maximum Gasteiger partial charge on any atom is 0.148 e. The average Bonchev–Trinajstić information content (AvgIpc) is 3.10. The molecule has 1 heterocycles. The predicted molar refractivity (Wildman–Crippen MR) is 107 cm³/mol. The van der Waals surface area contributed by atoms with Crippen LogP contribution in [-0.4, -0.2) is 29.3 Å². The summed E-state index contributed by atoms with van der Waals surface area (Å²) in [5.74, 6) is 1.41. The number of rotatable bonds is 5. The molecule has 0 bridgehead atoms. The van der Waals surface area contributed by atoms with Crippen molar-refractivity contribution in [3.05, 3.63) is 40.5 Å². The first-order valence-electron chi connectivity index (χ1n) is 9.22. The SMILES string of the molecule is CC(C)c1cc(NC2CCC(N(C)c3ccc(C#N)c(Cl)c3)CC2)n[nH]1. The molecular weight excluding hydrogens is 346 g/mol. The summed E-state index contributed by atoms with van der Waals surface area (Å²) in [6.45, 7) is 4.32. The molecule has 2 N–H and O–H groups in total. The van der Waals surface area contributed by atoms with Crippen LogP contribution in [0, 0.1) is 11.3 Å². The lowest BCUT2D eigenvalue weighted by Crippen LogP contribution is -2.38. The van der Waals surface area contributed by atoms with E-state index in [1.807, 2.05) is 12.1 Å². The van der Waals surface area contributed by atoms with Gasteiger partial charge in [-0.2, -0.15) is 10.4 Å². The Bertz CT molecular complexity index is 784. The molecule has 138 valence electrons. The molecule has 0 aliphatic heterocycles. The Balaban J connectivity index is 1.56. The van der Waals surface area contributed by atoms with Gasteiger partial charge in [0.15, 0.2) is 0 Å². The van der Waals surface area contributed by atoms with E-state index in [1.165, 1.54) is 5.69 Å². The lowest BCUT2D eigenvalue weighted by Gasteiger charge is -2.36. The third-order valence-corrected chi connectivity index (χ3v) is 5.61. The Morgan fingerprint density at radius 1 is 1.27 bits per heavy atom. The Morgan fingerprint density at radius 3 is 2.58 bits per heavy atom. The number of aromatic amines is 1. The normalized spacial score (nSPS) is 20.0. The van der Waals surface area contributed by atoms with Crippen molar-refractivity contribution in [1.29, 1.82) is 5.26 Å². The minimum atomic E-state index is 0.460. The van der Waals surface area contributed by atoms with Gasteiger partial charge in [-0.1, -0.05) is 25.4 Å². The van der Waals surface area contributed by atoms with E-state index in [0.717, 1.165) is 37.2 Å². The molecule has 5 nitrogen and oxygen atoms in total. The van der Waals surface area contributed by atoms with E-state index in [0.29, 0.717) is 28.6 Å². The van der Waals surface area contributed by atoms with Gasteiger partial charge in [0.1, 0.15) is 11.9 Å². The van der Waals surface area contributed by atoms with Crippen molar-refractivity contribution < 1.29 is 0 Å². The molecule has 6 heteroatoms. The van der Waals surface area contributed by atoms with Gasteiger partial charge < -0.3 is 10.2 Å². The maximum atomic E-state index is 9.02. The summed E-state index contributed by atoms with van der Waals surface area (Å²) in [6, 6.07) is 10.8. The quantitative estimate of drug-likeness (QED) is 0.782. The first-order valence-corrected chi connectivity index (χ1v) is 9.60. The molecule has 0 saturated heterocycles. The highest BCUT2D eigenvalue weighted by Crippen LogP contribution is 2.30. The van der Waals surface area contributed by atoms with Crippen molar-refractivity contribution >= 4 is 23.1 Å². The van der Waals surface area contributed by atoms with Crippen LogP contribution in [0.4, 0.5) is 11.5 Å². The lowest BCUT2D eigenvalue weighted by atomic mass is 9.90. The summed E-state index contributed by atoms with van der Waals surface area (Å²) in [6.07, 6.45) is 4.46. The van der Waals surface area contributed by atoms with Crippen LogP contribution in [0.25, 0.3) is 0 Å². The Hall–Kier alpha value is -2.19. The molecule has 1 saturated carbocycles. The molecule has 0 spiro atoms. The molecule has 1 aliphatic rings. The summed E-state index contributed by atoms with van der Waals surface area (Å²) in [4.78, 5) is 2.29. The minimum Gasteiger partial charge on any atom is -0.372 e. The molecule has 0 amide bonds. The summed E-state index contributed by atoms with van der Waals surface area (Å²) in [5.41, 5.74) is 2.76. The zero-order chi connectivity index (χ0) is 18.7. The largest absolute Gasteiger partial charge is 0.372 e. The lowest BCUT2D eigenvalue weighted by molar-refractivity contribution is 0.399. The molecule has 3 rings (SSSR count). The molecule has 1 aliphatic carbocycles. The number of nitriles is 1. The highest BCUT2D eigenvalue weighted by Gasteiger charge is 2.25. The third kappa shape index (κ3) is 4.13. The Kier molecular flexibility index (Phi) is 5.73. The fourth-order valence-electron chi connectivity index (χ4n) is 3.55. The monoisotopic (exact) mass is 371 g/mol. The van der Waals surface area contributed by atoms with Crippen molar-refractivity contribution in [2.24, 2.45) is 0 Å². The first-order chi connectivity index (χ1) is 12.5. The van der Waals surface area contributed by atoms with Crippen LogP contribution >= 0.6 is 11.6 Å². The zero-order valence-electron chi connectivity index (χ0n) is 15.6. The predicted octanol–water partition coefficient (Wildman–Crippen LogP) is 4.92. The second kappa shape index (κ2) is 8.01. The highest BCUT2D eigenvalue weighted by atomic mass is 35.5. The Morgan fingerprint density at radius 2 is 2.00 bits per heavy atom. The first kappa shape index (κ1) is 18.6. The van der Waals surface area contributed by atoms with Crippen LogP contribution in [0.15, 0.2) is 24.3 Å². The number of hydrogen-bond acceptors (Lipinski definition) is 4. The summed E-state index contributed by atoms with van der Waals surface area (Å²) in [5, 5.41) is 20.6. The third-order valence-electron chi connectivity index (χ3n) is 5.30. The number of halogens is 1. The van der Waals surface area contributed by atoms with Gasteiger partial charge in [0.05, 0.1) is 10.6 Å². The molecule has 0 atom stereocenters. The van der Waals surface area contributed by atoms with Crippen molar-refractivity contribution in [1.82, 2.24) is 10.2 Å². The van der Waals surface area contributed by atoms with E-state index < -0.39 is 0 Å². The van der Waals surface area contributed by atoms with Crippen LogP contribution in [0.1, 0.15) is 56.7 Å². The van der Waals surface area contributed by atoms with Gasteiger partial charge in [-0.25, -0.2) is 0 Å². The Labute approximate surface area is 160 Å². The smallest absolute Gasteiger partial charge is 0.148 e. The number of H-pyrrole nitrogens is 1. The molecular formula is C20H26ClN5. The van der Waals surface area contributed by atoms with Gasteiger partial charge in [0.25, 0.3) is 0 Å². The van der Waals surface area contributed by atoms with Crippen molar-refractivity contribution in [3.63, 3.8) is 0 Å². The number of nitrogens with zero attached hydrogens (tertiary/aromatic N) is 3. The van der Waals surface area contributed by atoms with Crippen molar-refractivity contribution in [2.45, 2.75) is 57.5 Å². The van der Waals surface area contributed by atoms with Crippen molar-refractivity contribution in [2.75, 3.05) is 17.3 Å². The molecule has 0 radical (unpaired) electrons. The molecule has 1 aromatic heterocycles. The highest BCUT2D eigenvalue weighted by molar-refractivity contribution is 6.32. The number of aromatic nitrogens is 2. The number of hydrogen-bond donors (Lipinski definition) is 2. The molecule has 1 fully saturated rings. The van der Waals surface area contributed by atoms with Crippen LogP contribution in [0.5, 0.6) is 0 Å². The standard InChI is InChI=1S/C20H26ClN5/c1-13(2)19-11-20(25-24-19)23-15-5-8-16(9-6-15)26(3)17-7-4-14(12-22)18(21)10-17/h4,7,10-11,13,15-16H,5-6,8-9H2,1-3H3,(H2,23,24,25). The van der Waals surface area contributed by atoms with Crippen LogP contribution in [0.2, 0.25) is 5.02 Å². The van der Waals surface area contributed by atoms with Crippen molar-refractivity contribution in [3.8, 4) is 6.07 Å². The molecule has 2 aromatic rings. The van der Waals surface area contributed by atoms with Gasteiger partial charge in [0, 0.05) is 36.6 Å². The van der Waals surface area contributed by atoms with E-state index in [9.17, 15) is 0 Å². The summed E-state index contributed by atoms with van der Waals surface area (Å²) in [7, 11) is 2.11. The molecule has 1 aromatic carbocycles.